The fraction of sp³-hybridized carbons (Fsp3) is 0.300. The fourth-order valence-electron chi connectivity index (χ4n) is 2.21. The van der Waals surface area contributed by atoms with Crippen LogP contribution in [-0.2, 0) is 21.4 Å². The van der Waals surface area contributed by atoms with E-state index in [1.165, 1.54) is 5.56 Å². The van der Waals surface area contributed by atoms with Crippen LogP contribution in [0, 0.1) is 0 Å². The van der Waals surface area contributed by atoms with Crippen LogP contribution in [0.1, 0.15) is 31.9 Å². The minimum Gasteiger partial charge on any atom is -0.484 e. The second-order valence-corrected chi connectivity index (χ2v) is 7.40. The molecule has 0 spiro atoms. The number of hydrogen-bond acceptors (Lipinski definition) is 3. The van der Waals surface area contributed by atoms with Crippen LogP contribution >= 0.6 is 11.6 Å². The zero-order chi connectivity index (χ0) is 19.2. The highest BCUT2D eigenvalue weighted by molar-refractivity contribution is 6.30. The molecule has 0 aliphatic rings. The fourth-order valence-corrected chi connectivity index (χ4v) is 2.33. The van der Waals surface area contributed by atoms with Crippen LogP contribution in [0.2, 0.25) is 5.02 Å². The molecular weight excluding hydrogens is 352 g/mol. The Hall–Kier alpha value is -2.53. The van der Waals surface area contributed by atoms with Crippen LogP contribution in [0.3, 0.4) is 0 Å². The number of hydrazine groups is 1. The number of carbonyl (C=O) groups is 2. The van der Waals surface area contributed by atoms with Gasteiger partial charge in [0.1, 0.15) is 5.75 Å². The quantitative estimate of drug-likeness (QED) is 0.788. The summed E-state index contributed by atoms with van der Waals surface area (Å²) >= 11 is 5.80. The maximum absolute atomic E-state index is 11.8. The molecule has 26 heavy (non-hydrogen) atoms. The molecular formula is C20H23ClN2O3. The molecule has 2 aromatic carbocycles. The molecule has 6 heteroatoms. The van der Waals surface area contributed by atoms with Crippen LogP contribution in [-0.4, -0.2) is 18.4 Å². The standard InChI is InChI=1S/C20H23ClN2O3/c1-20(2,3)15-6-10-17(11-7-15)26-13-19(25)23-22-18(24)12-14-4-8-16(21)9-5-14/h4-11H,12-13H2,1-3H3,(H,22,24)(H,23,25). The molecule has 2 aromatic rings. The average molecular weight is 375 g/mol. The molecule has 0 radical (unpaired) electrons. The van der Waals surface area contributed by atoms with Gasteiger partial charge in [-0.25, -0.2) is 0 Å². The minimum atomic E-state index is -0.436. The second-order valence-electron chi connectivity index (χ2n) is 6.96. The molecule has 0 unspecified atom stereocenters. The Kier molecular flexibility index (Phi) is 6.64. The zero-order valence-electron chi connectivity index (χ0n) is 15.1. The molecule has 2 N–H and O–H groups in total. The van der Waals surface area contributed by atoms with E-state index < -0.39 is 5.91 Å². The van der Waals surface area contributed by atoms with Gasteiger partial charge in [0.2, 0.25) is 5.91 Å². The van der Waals surface area contributed by atoms with Crippen molar-refractivity contribution < 1.29 is 14.3 Å². The first-order chi connectivity index (χ1) is 12.2. The third-order valence-corrected chi connectivity index (χ3v) is 3.96. The normalized spacial score (nSPS) is 10.9. The Morgan fingerprint density at radius 2 is 1.50 bits per heavy atom. The van der Waals surface area contributed by atoms with Crippen molar-refractivity contribution in [2.24, 2.45) is 0 Å². The summed E-state index contributed by atoms with van der Waals surface area (Å²) in [5, 5.41) is 0.607. The monoisotopic (exact) mass is 374 g/mol. The summed E-state index contributed by atoms with van der Waals surface area (Å²) < 4.78 is 5.42. The molecule has 138 valence electrons. The second kappa shape index (κ2) is 8.72. The van der Waals surface area contributed by atoms with Crippen LogP contribution in [0.15, 0.2) is 48.5 Å². The van der Waals surface area contributed by atoms with Gasteiger partial charge in [0.15, 0.2) is 6.61 Å². The zero-order valence-corrected chi connectivity index (χ0v) is 15.9. The van der Waals surface area contributed by atoms with E-state index in [1.807, 2.05) is 24.3 Å². The maximum Gasteiger partial charge on any atom is 0.276 e. The Balaban J connectivity index is 1.73. The number of benzene rings is 2. The number of ether oxygens (including phenoxy) is 1. The van der Waals surface area contributed by atoms with E-state index in [2.05, 4.69) is 31.6 Å². The molecule has 2 rings (SSSR count). The Morgan fingerprint density at radius 1 is 0.923 bits per heavy atom. The Morgan fingerprint density at radius 3 is 2.08 bits per heavy atom. The SMILES string of the molecule is CC(C)(C)c1ccc(OCC(=O)NNC(=O)Cc2ccc(Cl)cc2)cc1. The highest BCUT2D eigenvalue weighted by Gasteiger charge is 2.13. The van der Waals surface area contributed by atoms with Crippen molar-refractivity contribution in [3.8, 4) is 5.75 Å². The predicted molar refractivity (Wildman–Crippen MR) is 102 cm³/mol. The summed E-state index contributed by atoms with van der Waals surface area (Å²) in [4.78, 5) is 23.6. The van der Waals surface area contributed by atoms with Gasteiger partial charge in [0, 0.05) is 5.02 Å². The van der Waals surface area contributed by atoms with Crippen molar-refractivity contribution in [1.82, 2.24) is 10.9 Å². The number of halogens is 1. The summed E-state index contributed by atoms with van der Waals surface area (Å²) in [6.07, 6.45) is 0.145. The van der Waals surface area contributed by atoms with E-state index in [0.717, 1.165) is 5.56 Å². The van der Waals surface area contributed by atoms with E-state index in [0.29, 0.717) is 10.8 Å². The van der Waals surface area contributed by atoms with Gasteiger partial charge in [-0.05, 0) is 40.8 Å². The lowest BCUT2D eigenvalue weighted by atomic mass is 9.87. The predicted octanol–water partition coefficient (Wildman–Crippen LogP) is 3.41. The van der Waals surface area contributed by atoms with Gasteiger partial charge >= 0.3 is 0 Å². The third kappa shape index (κ3) is 6.41. The smallest absolute Gasteiger partial charge is 0.276 e. The lowest BCUT2D eigenvalue weighted by Gasteiger charge is -2.19. The Bertz CT molecular complexity index is 750. The van der Waals surface area contributed by atoms with E-state index >= 15 is 0 Å². The summed E-state index contributed by atoms with van der Waals surface area (Å²) in [6, 6.07) is 14.5. The number of hydrogen-bond donors (Lipinski definition) is 2. The molecule has 0 fully saturated rings. The van der Waals surface area contributed by atoms with Gasteiger partial charge in [0.05, 0.1) is 6.42 Å². The molecule has 0 aliphatic heterocycles. The van der Waals surface area contributed by atoms with Gasteiger partial charge < -0.3 is 4.74 Å². The van der Waals surface area contributed by atoms with E-state index in [-0.39, 0.29) is 24.3 Å². The number of nitrogens with one attached hydrogen (secondary N) is 2. The molecule has 0 heterocycles. The van der Waals surface area contributed by atoms with Gasteiger partial charge in [-0.3, -0.25) is 20.4 Å². The molecule has 2 amide bonds. The minimum absolute atomic E-state index is 0.0598. The average Bonchev–Trinajstić information content (AvgIpc) is 2.60. The number of rotatable bonds is 5. The highest BCUT2D eigenvalue weighted by atomic mass is 35.5. The van der Waals surface area contributed by atoms with Crippen molar-refractivity contribution in [2.75, 3.05) is 6.61 Å². The third-order valence-electron chi connectivity index (χ3n) is 3.71. The van der Waals surface area contributed by atoms with Crippen LogP contribution in [0.5, 0.6) is 5.75 Å². The molecule has 5 nitrogen and oxygen atoms in total. The lowest BCUT2D eigenvalue weighted by Crippen LogP contribution is -2.44. The van der Waals surface area contributed by atoms with Crippen LogP contribution in [0.25, 0.3) is 0 Å². The molecule has 0 aromatic heterocycles. The maximum atomic E-state index is 11.8. The summed E-state index contributed by atoms with van der Waals surface area (Å²) in [5.41, 5.74) is 6.74. The molecule has 0 aliphatic carbocycles. The van der Waals surface area contributed by atoms with Crippen molar-refractivity contribution in [3.63, 3.8) is 0 Å². The van der Waals surface area contributed by atoms with E-state index in [4.69, 9.17) is 16.3 Å². The van der Waals surface area contributed by atoms with Gasteiger partial charge in [-0.1, -0.05) is 56.6 Å². The van der Waals surface area contributed by atoms with Crippen molar-refractivity contribution in [2.45, 2.75) is 32.6 Å². The van der Waals surface area contributed by atoms with Gasteiger partial charge in [-0.2, -0.15) is 0 Å². The number of amides is 2. The van der Waals surface area contributed by atoms with Crippen LogP contribution < -0.4 is 15.6 Å². The summed E-state index contributed by atoms with van der Waals surface area (Å²) in [5.74, 6) is -0.162. The Labute approximate surface area is 158 Å². The summed E-state index contributed by atoms with van der Waals surface area (Å²) in [6.45, 7) is 6.20. The molecule has 0 saturated heterocycles. The summed E-state index contributed by atoms with van der Waals surface area (Å²) in [7, 11) is 0. The van der Waals surface area contributed by atoms with E-state index in [9.17, 15) is 9.59 Å². The van der Waals surface area contributed by atoms with Gasteiger partial charge in [0.25, 0.3) is 5.91 Å². The lowest BCUT2D eigenvalue weighted by molar-refractivity contribution is -0.129. The van der Waals surface area contributed by atoms with Crippen molar-refractivity contribution in [3.05, 3.63) is 64.7 Å². The van der Waals surface area contributed by atoms with Crippen LogP contribution in [0.4, 0.5) is 0 Å². The van der Waals surface area contributed by atoms with Gasteiger partial charge in [-0.15, -0.1) is 0 Å². The van der Waals surface area contributed by atoms with Crippen molar-refractivity contribution >= 4 is 23.4 Å². The first-order valence-corrected chi connectivity index (χ1v) is 8.67. The van der Waals surface area contributed by atoms with Crippen molar-refractivity contribution in [1.29, 1.82) is 0 Å². The largest absolute Gasteiger partial charge is 0.484 e. The van der Waals surface area contributed by atoms with E-state index in [1.54, 1.807) is 24.3 Å². The first kappa shape index (κ1) is 19.8. The number of carbonyl (C=O) groups excluding carboxylic acids is 2. The topological polar surface area (TPSA) is 67.4 Å². The first-order valence-electron chi connectivity index (χ1n) is 8.29. The molecule has 0 bridgehead atoms. The highest BCUT2D eigenvalue weighted by Crippen LogP contribution is 2.24. The molecule has 0 saturated carbocycles. The molecule has 0 atom stereocenters.